The third-order valence-corrected chi connectivity index (χ3v) is 2.05. The van der Waals surface area contributed by atoms with Gasteiger partial charge in [0.05, 0.1) is 23.5 Å². The summed E-state index contributed by atoms with van der Waals surface area (Å²) in [6.45, 7) is 0. The Bertz CT molecular complexity index is 628. The molecule has 0 atom stereocenters. The smallest absolute Gasteiger partial charge is 0.303 e. The maximum atomic E-state index is 13.4. The molecular weight excluding hydrogens is 209 g/mol. The quantitative estimate of drug-likeness (QED) is 0.782. The predicted molar refractivity (Wildman–Crippen MR) is 55.0 cm³/mol. The van der Waals surface area contributed by atoms with Crippen LogP contribution in [0.25, 0.3) is 11.3 Å². The number of nitrogens with zero attached hydrogens (tertiary/aromatic N) is 2. The number of hydrogen-bond acceptors (Lipinski definition) is 3. The number of hydrogen-bond donors (Lipinski definition) is 1. The van der Waals surface area contributed by atoms with Gasteiger partial charge in [-0.05, 0) is 12.1 Å². The summed E-state index contributed by atoms with van der Waals surface area (Å²) in [5, 5.41) is 8.70. The minimum atomic E-state index is -0.630. The molecule has 0 aliphatic heterocycles. The maximum absolute atomic E-state index is 13.4. The van der Waals surface area contributed by atoms with E-state index in [1.54, 1.807) is 18.2 Å². The lowest BCUT2D eigenvalue weighted by atomic mass is 10.1. The van der Waals surface area contributed by atoms with Crippen LogP contribution in [0.5, 0.6) is 0 Å². The van der Waals surface area contributed by atoms with E-state index >= 15 is 0 Å². The van der Waals surface area contributed by atoms with E-state index in [-0.39, 0.29) is 5.69 Å². The molecule has 0 amide bonds. The van der Waals surface area contributed by atoms with Gasteiger partial charge in [0, 0.05) is 5.56 Å². The molecule has 1 heterocycles. The van der Waals surface area contributed by atoms with Crippen molar-refractivity contribution in [2.24, 2.45) is 0 Å². The van der Waals surface area contributed by atoms with E-state index in [2.05, 4.69) is 9.97 Å². The molecule has 16 heavy (non-hydrogen) atoms. The summed E-state index contributed by atoms with van der Waals surface area (Å²) >= 11 is 0. The summed E-state index contributed by atoms with van der Waals surface area (Å²) in [6, 6.07) is 8.26. The number of halogens is 1. The van der Waals surface area contributed by atoms with Crippen LogP contribution in [-0.4, -0.2) is 9.97 Å². The second kappa shape index (κ2) is 3.95. The third-order valence-electron chi connectivity index (χ3n) is 2.05. The highest BCUT2D eigenvalue weighted by molar-refractivity contribution is 5.61. The molecule has 0 radical (unpaired) electrons. The molecule has 0 aliphatic rings. The van der Waals surface area contributed by atoms with Crippen LogP contribution in [0.3, 0.4) is 0 Å². The van der Waals surface area contributed by atoms with Gasteiger partial charge in [0.1, 0.15) is 0 Å². The van der Waals surface area contributed by atoms with Gasteiger partial charge in [0.25, 0.3) is 0 Å². The molecule has 1 aromatic carbocycles. The van der Waals surface area contributed by atoms with E-state index in [0.29, 0.717) is 11.1 Å². The number of benzene rings is 1. The first kappa shape index (κ1) is 10.1. The van der Waals surface area contributed by atoms with Crippen molar-refractivity contribution >= 4 is 0 Å². The Morgan fingerprint density at radius 3 is 3.00 bits per heavy atom. The van der Waals surface area contributed by atoms with Crippen LogP contribution in [0.4, 0.5) is 4.39 Å². The molecule has 2 aromatic rings. The molecule has 1 aromatic heterocycles. The number of rotatable bonds is 1. The number of nitriles is 1. The van der Waals surface area contributed by atoms with Gasteiger partial charge in [0.15, 0.2) is 5.82 Å². The Labute approximate surface area is 90.0 Å². The van der Waals surface area contributed by atoms with Gasteiger partial charge in [-0.2, -0.15) is 10.2 Å². The Morgan fingerprint density at radius 1 is 1.44 bits per heavy atom. The molecular formula is C11H6FN3O. The Kier molecular flexibility index (Phi) is 2.48. The third kappa shape index (κ3) is 1.81. The number of H-pyrrole nitrogens is 1. The molecule has 4 nitrogen and oxygen atoms in total. The first-order valence-corrected chi connectivity index (χ1v) is 4.46. The molecule has 0 saturated heterocycles. The lowest BCUT2D eigenvalue weighted by molar-refractivity contribution is 0.615. The second-order valence-corrected chi connectivity index (χ2v) is 3.10. The van der Waals surface area contributed by atoms with Crippen LogP contribution in [-0.2, 0) is 0 Å². The fourth-order valence-electron chi connectivity index (χ4n) is 1.33. The molecule has 0 aliphatic carbocycles. The number of aromatic amines is 1. The highest BCUT2D eigenvalue weighted by atomic mass is 19.1. The summed E-state index contributed by atoms with van der Waals surface area (Å²) in [5.74, 6) is -0.630. The zero-order valence-corrected chi connectivity index (χ0v) is 8.07. The zero-order chi connectivity index (χ0) is 11.5. The SMILES string of the molecule is N#Cc1cccc(-c2[nH]c(=O)ncc2F)c1. The van der Waals surface area contributed by atoms with Gasteiger partial charge in [-0.25, -0.2) is 9.18 Å². The average Bonchev–Trinajstić information content (AvgIpc) is 2.32. The Balaban J connectivity index is 2.63. The molecule has 0 spiro atoms. The zero-order valence-electron chi connectivity index (χ0n) is 8.07. The lowest BCUT2D eigenvalue weighted by Crippen LogP contribution is -2.11. The summed E-state index contributed by atoms with van der Waals surface area (Å²) in [7, 11) is 0. The standard InChI is InChI=1S/C11H6FN3O/c12-9-6-14-11(16)15-10(9)8-3-1-2-7(4-8)5-13/h1-4,6H,(H,14,15,16). The van der Waals surface area contributed by atoms with Crippen molar-refractivity contribution < 1.29 is 4.39 Å². The van der Waals surface area contributed by atoms with Gasteiger partial charge in [0.2, 0.25) is 0 Å². The highest BCUT2D eigenvalue weighted by Gasteiger charge is 2.06. The number of nitrogens with one attached hydrogen (secondary N) is 1. The highest BCUT2D eigenvalue weighted by Crippen LogP contribution is 2.19. The maximum Gasteiger partial charge on any atom is 0.345 e. The van der Waals surface area contributed by atoms with Crippen LogP contribution >= 0.6 is 0 Å². The van der Waals surface area contributed by atoms with Crippen molar-refractivity contribution in [3.63, 3.8) is 0 Å². The molecule has 0 unspecified atom stereocenters. The van der Waals surface area contributed by atoms with E-state index in [9.17, 15) is 9.18 Å². The van der Waals surface area contributed by atoms with E-state index < -0.39 is 11.5 Å². The first-order valence-electron chi connectivity index (χ1n) is 4.46. The van der Waals surface area contributed by atoms with Gasteiger partial charge < -0.3 is 4.98 Å². The van der Waals surface area contributed by atoms with Crippen molar-refractivity contribution in [2.45, 2.75) is 0 Å². The van der Waals surface area contributed by atoms with E-state index in [0.717, 1.165) is 6.20 Å². The molecule has 78 valence electrons. The van der Waals surface area contributed by atoms with Gasteiger partial charge >= 0.3 is 5.69 Å². The van der Waals surface area contributed by atoms with Crippen molar-refractivity contribution in [1.29, 1.82) is 5.26 Å². The van der Waals surface area contributed by atoms with Crippen LogP contribution in [0.1, 0.15) is 5.56 Å². The Hall–Kier alpha value is -2.48. The summed E-state index contributed by atoms with van der Waals surface area (Å²) in [4.78, 5) is 16.5. The van der Waals surface area contributed by atoms with Crippen LogP contribution in [0, 0.1) is 17.1 Å². The summed E-state index contributed by atoms with van der Waals surface area (Å²) in [6.07, 6.45) is 0.854. The Morgan fingerprint density at radius 2 is 2.25 bits per heavy atom. The van der Waals surface area contributed by atoms with Gasteiger partial charge in [-0.1, -0.05) is 12.1 Å². The van der Waals surface area contributed by atoms with Crippen LogP contribution in [0.15, 0.2) is 35.3 Å². The van der Waals surface area contributed by atoms with E-state index in [1.807, 2.05) is 6.07 Å². The molecule has 2 rings (SSSR count). The van der Waals surface area contributed by atoms with Crippen molar-refractivity contribution in [3.05, 3.63) is 52.3 Å². The van der Waals surface area contributed by atoms with Crippen LogP contribution < -0.4 is 5.69 Å². The predicted octanol–water partition coefficient (Wildman–Crippen LogP) is 1.45. The van der Waals surface area contributed by atoms with Gasteiger partial charge in [-0.3, -0.25) is 0 Å². The lowest BCUT2D eigenvalue weighted by Gasteiger charge is -2.02. The van der Waals surface area contributed by atoms with Crippen molar-refractivity contribution in [3.8, 4) is 17.3 Å². The molecule has 1 N–H and O–H groups in total. The van der Waals surface area contributed by atoms with E-state index in [1.165, 1.54) is 6.07 Å². The normalized spacial score (nSPS) is 9.75. The molecule has 0 bridgehead atoms. The van der Waals surface area contributed by atoms with Gasteiger partial charge in [-0.15, -0.1) is 0 Å². The topological polar surface area (TPSA) is 69.5 Å². The number of aromatic nitrogens is 2. The summed E-state index contributed by atoms with van der Waals surface area (Å²) < 4.78 is 13.4. The first-order chi connectivity index (χ1) is 7.70. The molecule has 5 heteroatoms. The minimum Gasteiger partial charge on any atom is -0.303 e. The fraction of sp³-hybridized carbons (Fsp3) is 0. The second-order valence-electron chi connectivity index (χ2n) is 3.10. The average molecular weight is 215 g/mol. The monoisotopic (exact) mass is 215 g/mol. The van der Waals surface area contributed by atoms with Crippen LogP contribution in [0.2, 0.25) is 0 Å². The summed E-state index contributed by atoms with van der Waals surface area (Å²) in [5.41, 5.74) is 0.251. The molecule has 0 saturated carbocycles. The van der Waals surface area contributed by atoms with Crippen molar-refractivity contribution in [1.82, 2.24) is 9.97 Å². The minimum absolute atomic E-state index is 0.0390. The van der Waals surface area contributed by atoms with E-state index in [4.69, 9.17) is 5.26 Å². The largest absolute Gasteiger partial charge is 0.345 e. The molecule has 0 fully saturated rings. The fourth-order valence-corrected chi connectivity index (χ4v) is 1.33. The van der Waals surface area contributed by atoms with Crippen molar-refractivity contribution in [2.75, 3.05) is 0 Å².